The van der Waals surface area contributed by atoms with Crippen LogP contribution in [-0.4, -0.2) is 37.4 Å². The molecule has 102 valence electrons. The van der Waals surface area contributed by atoms with Crippen LogP contribution in [0.4, 0.5) is 5.82 Å². The molecule has 0 fully saturated rings. The fourth-order valence-corrected chi connectivity index (χ4v) is 1.64. The first kappa shape index (κ1) is 14.7. The predicted octanol–water partition coefficient (Wildman–Crippen LogP) is 1.64. The smallest absolute Gasteiger partial charge is 0.169 e. The van der Waals surface area contributed by atoms with Gasteiger partial charge < -0.3 is 20.5 Å². The van der Waals surface area contributed by atoms with Gasteiger partial charge in [0.15, 0.2) is 11.6 Å². The molecule has 5 heteroatoms. The second kappa shape index (κ2) is 7.89. The van der Waals surface area contributed by atoms with Gasteiger partial charge in [0.1, 0.15) is 0 Å². The van der Waals surface area contributed by atoms with Crippen LogP contribution in [0.5, 0.6) is 5.75 Å². The molecule has 1 unspecified atom stereocenters. The number of methoxy groups -OCH3 is 1. The summed E-state index contributed by atoms with van der Waals surface area (Å²) >= 11 is 0. The Bertz CT molecular complexity index is 339. The number of aromatic nitrogens is 1. The quantitative estimate of drug-likeness (QED) is 0.737. The third-order valence-electron chi connectivity index (χ3n) is 2.36. The summed E-state index contributed by atoms with van der Waals surface area (Å²) in [7, 11) is 1.68. The van der Waals surface area contributed by atoms with E-state index in [0.717, 1.165) is 18.0 Å². The largest absolute Gasteiger partial charge is 0.487 e. The summed E-state index contributed by atoms with van der Waals surface area (Å²) in [6.07, 6.45) is 2.68. The molecule has 0 aliphatic heterocycles. The topological polar surface area (TPSA) is 69.4 Å². The van der Waals surface area contributed by atoms with Crippen molar-refractivity contribution in [3.05, 3.63) is 18.3 Å². The van der Waals surface area contributed by atoms with E-state index in [0.29, 0.717) is 13.2 Å². The highest BCUT2D eigenvalue weighted by molar-refractivity contribution is 5.50. The summed E-state index contributed by atoms with van der Waals surface area (Å²) in [6.45, 7) is 5.18. The normalized spacial score (nSPS) is 12.5. The van der Waals surface area contributed by atoms with Crippen LogP contribution < -0.4 is 15.8 Å². The highest BCUT2D eigenvalue weighted by Gasteiger charge is 2.12. The van der Waals surface area contributed by atoms with Gasteiger partial charge in [-0.05, 0) is 38.9 Å². The van der Waals surface area contributed by atoms with Crippen molar-refractivity contribution in [2.45, 2.75) is 32.4 Å². The van der Waals surface area contributed by atoms with E-state index < -0.39 is 0 Å². The number of anilines is 1. The van der Waals surface area contributed by atoms with E-state index in [1.165, 1.54) is 0 Å². The van der Waals surface area contributed by atoms with Crippen molar-refractivity contribution in [3.8, 4) is 5.75 Å². The van der Waals surface area contributed by atoms with Gasteiger partial charge in [-0.2, -0.15) is 0 Å². The zero-order valence-electron chi connectivity index (χ0n) is 11.3. The number of nitrogens with one attached hydrogen (secondary N) is 1. The summed E-state index contributed by atoms with van der Waals surface area (Å²) in [5.74, 6) is 1.49. The Labute approximate surface area is 109 Å². The molecule has 1 aromatic rings. The monoisotopic (exact) mass is 253 g/mol. The van der Waals surface area contributed by atoms with Gasteiger partial charge in [-0.15, -0.1) is 0 Å². The van der Waals surface area contributed by atoms with Crippen molar-refractivity contribution in [2.75, 3.05) is 25.6 Å². The van der Waals surface area contributed by atoms with Gasteiger partial charge in [-0.3, -0.25) is 0 Å². The van der Waals surface area contributed by atoms with Crippen LogP contribution in [0.15, 0.2) is 18.3 Å². The second-order valence-electron chi connectivity index (χ2n) is 4.39. The molecule has 5 nitrogen and oxygen atoms in total. The number of hydrogen-bond acceptors (Lipinski definition) is 5. The average Bonchev–Trinajstić information content (AvgIpc) is 2.31. The molecule has 1 atom stereocenters. The van der Waals surface area contributed by atoms with Crippen molar-refractivity contribution in [1.29, 1.82) is 0 Å². The lowest BCUT2D eigenvalue weighted by Gasteiger charge is -2.20. The Balaban J connectivity index is 2.74. The Morgan fingerprint density at radius 2 is 2.22 bits per heavy atom. The molecule has 0 aromatic carbocycles. The van der Waals surface area contributed by atoms with Crippen LogP contribution in [0, 0.1) is 0 Å². The fraction of sp³-hybridized carbons (Fsp3) is 0.615. The van der Waals surface area contributed by atoms with Crippen LogP contribution in [0.1, 0.15) is 20.3 Å². The van der Waals surface area contributed by atoms with Crippen LogP contribution in [-0.2, 0) is 4.74 Å². The molecule has 1 rings (SSSR count). The summed E-state index contributed by atoms with van der Waals surface area (Å²) in [5.41, 5.74) is 5.58. The molecule has 3 N–H and O–H groups in total. The van der Waals surface area contributed by atoms with E-state index in [1.807, 2.05) is 26.0 Å². The van der Waals surface area contributed by atoms with Gasteiger partial charge in [-0.1, -0.05) is 0 Å². The third kappa shape index (κ3) is 4.89. The molecule has 0 radical (unpaired) electrons. The molecular formula is C13H23N3O2. The first-order valence-corrected chi connectivity index (χ1v) is 6.24. The highest BCUT2D eigenvalue weighted by Crippen LogP contribution is 2.23. The zero-order valence-corrected chi connectivity index (χ0v) is 11.3. The molecule has 1 heterocycles. The van der Waals surface area contributed by atoms with Crippen LogP contribution in [0.3, 0.4) is 0 Å². The van der Waals surface area contributed by atoms with Crippen LogP contribution >= 0.6 is 0 Å². The maximum atomic E-state index is 5.71. The number of nitrogens with two attached hydrogens (primary N) is 1. The average molecular weight is 253 g/mol. The van der Waals surface area contributed by atoms with Gasteiger partial charge in [0.05, 0.1) is 18.8 Å². The minimum atomic E-state index is 0.116. The summed E-state index contributed by atoms with van der Waals surface area (Å²) in [6, 6.07) is 3.91. The summed E-state index contributed by atoms with van der Waals surface area (Å²) in [4.78, 5) is 4.30. The van der Waals surface area contributed by atoms with E-state index in [9.17, 15) is 0 Å². The molecule has 0 aliphatic rings. The number of ether oxygens (including phenoxy) is 2. The third-order valence-corrected chi connectivity index (χ3v) is 2.36. The van der Waals surface area contributed by atoms with Crippen LogP contribution in [0.25, 0.3) is 0 Å². The molecule has 0 aliphatic carbocycles. The van der Waals surface area contributed by atoms with Crippen molar-refractivity contribution in [2.24, 2.45) is 5.73 Å². The Morgan fingerprint density at radius 1 is 1.44 bits per heavy atom. The van der Waals surface area contributed by atoms with Crippen molar-refractivity contribution in [1.82, 2.24) is 4.98 Å². The maximum absolute atomic E-state index is 5.71. The number of nitrogens with zero attached hydrogens (tertiary/aromatic N) is 1. The van der Waals surface area contributed by atoms with Crippen molar-refractivity contribution >= 4 is 5.82 Å². The molecule has 0 amide bonds. The Morgan fingerprint density at radius 3 is 2.83 bits per heavy atom. The number of pyridine rings is 1. The van der Waals surface area contributed by atoms with E-state index in [-0.39, 0.29) is 12.1 Å². The number of hydrogen-bond donors (Lipinski definition) is 2. The van der Waals surface area contributed by atoms with Crippen molar-refractivity contribution < 1.29 is 9.47 Å². The zero-order chi connectivity index (χ0) is 13.4. The first-order chi connectivity index (χ1) is 8.67. The Kier molecular flexibility index (Phi) is 6.46. The first-order valence-electron chi connectivity index (χ1n) is 6.24. The second-order valence-corrected chi connectivity index (χ2v) is 4.39. The van der Waals surface area contributed by atoms with Gasteiger partial charge >= 0.3 is 0 Å². The maximum Gasteiger partial charge on any atom is 0.169 e. The Hall–Kier alpha value is -1.33. The lowest BCUT2D eigenvalue weighted by molar-refractivity contribution is 0.183. The standard InChI is InChI=1S/C13H23N3O2/c1-10(2)18-12-5-4-8-15-13(12)16-11(6-7-14)9-17-3/h4-5,8,10-11H,6-7,9,14H2,1-3H3,(H,15,16). The number of rotatable bonds is 8. The molecular weight excluding hydrogens is 230 g/mol. The van der Waals surface area contributed by atoms with E-state index in [4.69, 9.17) is 15.2 Å². The van der Waals surface area contributed by atoms with E-state index >= 15 is 0 Å². The highest BCUT2D eigenvalue weighted by atomic mass is 16.5. The molecule has 0 spiro atoms. The molecule has 0 saturated heterocycles. The summed E-state index contributed by atoms with van der Waals surface area (Å²) in [5, 5.41) is 3.31. The van der Waals surface area contributed by atoms with Crippen molar-refractivity contribution in [3.63, 3.8) is 0 Å². The lowest BCUT2D eigenvalue weighted by Crippen LogP contribution is -2.28. The van der Waals surface area contributed by atoms with E-state index in [1.54, 1.807) is 13.3 Å². The van der Waals surface area contributed by atoms with Gasteiger partial charge in [0, 0.05) is 13.3 Å². The van der Waals surface area contributed by atoms with Gasteiger partial charge in [0.25, 0.3) is 0 Å². The molecule has 0 saturated carbocycles. The van der Waals surface area contributed by atoms with E-state index in [2.05, 4.69) is 10.3 Å². The van der Waals surface area contributed by atoms with Gasteiger partial charge in [0.2, 0.25) is 0 Å². The molecule has 18 heavy (non-hydrogen) atoms. The molecule has 0 bridgehead atoms. The molecule has 1 aromatic heterocycles. The minimum Gasteiger partial charge on any atom is -0.487 e. The predicted molar refractivity (Wildman–Crippen MR) is 73.0 cm³/mol. The SMILES string of the molecule is COCC(CCN)Nc1ncccc1OC(C)C. The van der Waals surface area contributed by atoms with Gasteiger partial charge in [-0.25, -0.2) is 4.98 Å². The lowest BCUT2D eigenvalue weighted by atomic mass is 10.2. The fourth-order valence-electron chi connectivity index (χ4n) is 1.64. The minimum absolute atomic E-state index is 0.116. The summed E-state index contributed by atoms with van der Waals surface area (Å²) < 4.78 is 10.9. The van der Waals surface area contributed by atoms with Crippen LogP contribution in [0.2, 0.25) is 0 Å².